The Hall–Kier alpha value is -3.42. The first-order chi connectivity index (χ1) is 14.0. The molecule has 3 aromatic rings. The lowest BCUT2D eigenvalue weighted by molar-refractivity contribution is 0.0595. The van der Waals surface area contributed by atoms with Crippen LogP contribution in [0.2, 0.25) is 0 Å². The monoisotopic (exact) mass is 393 g/mol. The Bertz CT molecular complexity index is 1030. The molecule has 1 aliphatic carbocycles. The van der Waals surface area contributed by atoms with E-state index in [0.29, 0.717) is 47.1 Å². The fraction of sp³-hybridized carbons (Fsp3) is 0.333. The minimum absolute atomic E-state index is 0.389. The number of hydrogen-bond donors (Lipinski definition) is 1. The Balaban J connectivity index is 1.38. The van der Waals surface area contributed by atoms with Crippen molar-refractivity contribution in [3.05, 3.63) is 53.9 Å². The van der Waals surface area contributed by atoms with Gasteiger partial charge in [-0.05, 0) is 49.4 Å². The molecule has 0 radical (unpaired) electrons. The molecule has 1 aliphatic rings. The Labute approximate surface area is 168 Å². The quantitative estimate of drug-likeness (QED) is 0.615. The van der Waals surface area contributed by atoms with Gasteiger partial charge >= 0.3 is 5.97 Å². The highest BCUT2D eigenvalue weighted by Gasteiger charge is 2.38. The van der Waals surface area contributed by atoms with Crippen molar-refractivity contribution in [2.45, 2.75) is 19.9 Å². The minimum atomic E-state index is -0.389. The highest BCUT2D eigenvalue weighted by atomic mass is 16.5. The maximum atomic E-state index is 12.0. The zero-order valence-electron chi connectivity index (χ0n) is 16.4. The molecule has 0 amide bonds. The summed E-state index contributed by atoms with van der Waals surface area (Å²) >= 11 is 0. The number of methoxy groups -OCH3 is 1. The Morgan fingerprint density at radius 2 is 2.14 bits per heavy atom. The minimum Gasteiger partial charge on any atom is -0.492 e. The molecule has 8 nitrogen and oxygen atoms in total. The predicted octanol–water partition coefficient (Wildman–Crippen LogP) is 2.73. The summed E-state index contributed by atoms with van der Waals surface area (Å²) in [6.07, 6.45) is 2.76. The van der Waals surface area contributed by atoms with E-state index < -0.39 is 0 Å². The van der Waals surface area contributed by atoms with Crippen molar-refractivity contribution in [1.82, 2.24) is 19.7 Å². The van der Waals surface area contributed by atoms with Crippen LogP contribution >= 0.6 is 0 Å². The van der Waals surface area contributed by atoms with Gasteiger partial charge in [-0.15, -0.1) is 10.2 Å². The van der Waals surface area contributed by atoms with Gasteiger partial charge in [-0.1, -0.05) is 17.7 Å². The largest absolute Gasteiger partial charge is 0.492 e. The van der Waals surface area contributed by atoms with Crippen LogP contribution in [0.4, 0.5) is 5.82 Å². The molecule has 2 N–H and O–H groups in total. The topological polar surface area (TPSA) is 105 Å². The lowest BCUT2D eigenvalue weighted by Crippen LogP contribution is -2.10. The van der Waals surface area contributed by atoms with Crippen LogP contribution in [-0.4, -0.2) is 39.4 Å². The Kier molecular flexibility index (Phi) is 5.16. The molecule has 0 spiro atoms. The number of pyridine rings is 1. The van der Waals surface area contributed by atoms with E-state index in [9.17, 15) is 4.79 Å². The number of nitrogen functional groups attached to an aromatic ring is 1. The van der Waals surface area contributed by atoms with E-state index in [-0.39, 0.29) is 5.97 Å². The molecule has 1 unspecified atom stereocenters. The van der Waals surface area contributed by atoms with Gasteiger partial charge in [0, 0.05) is 6.54 Å². The van der Waals surface area contributed by atoms with Gasteiger partial charge < -0.3 is 19.8 Å². The molecule has 1 saturated carbocycles. The number of nitrogens with zero attached hydrogens (tertiary/aromatic N) is 4. The molecule has 2 atom stereocenters. The van der Waals surface area contributed by atoms with Crippen molar-refractivity contribution in [2.24, 2.45) is 11.8 Å². The Morgan fingerprint density at radius 1 is 1.28 bits per heavy atom. The number of aromatic nitrogens is 4. The summed E-state index contributed by atoms with van der Waals surface area (Å²) in [4.78, 5) is 16.3. The molecular formula is C21H23N5O3. The average Bonchev–Trinajstić information content (AvgIpc) is 3.29. The summed E-state index contributed by atoms with van der Waals surface area (Å²) in [5, 5.41) is 8.21. The predicted molar refractivity (Wildman–Crippen MR) is 107 cm³/mol. The number of nitrogens with two attached hydrogens (primary N) is 1. The molecular weight excluding hydrogens is 370 g/mol. The van der Waals surface area contributed by atoms with E-state index in [4.69, 9.17) is 15.2 Å². The van der Waals surface area contributed by atoms with E-state index in [1.54, 1.807) is 18.5 Å². The van der Waals surface area contributed by atoms with Crippen LogP contribution in [0.25, 0.3) is 11.5 Å². The van der Waals surface area contributed by atoms with Crippen LogP contribution in [0, 0.1) is 18.8 Å². The van der Waals surface area contributed by atoms with E-state index in [1.807, 2.05) is 35.8 Å². The normalized spacial score (nSPS) is 17.7. The molecule has 8 heteroatoms. The van der Waals surface area contributed by atoms with Gasteiger partial charge in [0.2, 0.25) is 0 Å². The maximum Gasteiger partial charge on any atom is 0.341 e. The number of benzene rings is 1. The molecule has 4 rings (SSSR count). The number of ether oxygens (including phenoxy) is 2. The van der Waals surface area contributed by atoms with Gasteiger partial charge in [0.1, 0.15) is 29.2 Å². The smallest absolute Gasteiger partial charge is 0.341 e. The van der Waals surface area contributed by atoms with Crippen molar-refractivity contribution in [1.29, 1.82) is 0 Å². The van der Waals surface area contributed by atoms with E-state index in [1.165, 1.54) is 7.11 Å². The highest BCUT2D eigenvalue weighted by molar-refractivity contribution is 5.92. The summed E-state index contributed by atoms with van der Waals surface area (Å²) < 4.78 is 12.8. The summed E-state index contributed by atoms with van der Waals surface area (Å²) in [6.45, 7) is 3.26. The number of hydrogen-bond acceptors (Lipinski definition) is 7. The first-order valence-electron chi connectivity index (χ1n) is 9.47. The molecule has 0 aliphatic heterocycles. The van der Waals surface area contributed by atoms with Gasteiger partial charge in [0.25, 0.3) is 0 Å². The van der Waals surface area contributed by atoms with Crippen LogP contribution in [0.1, 0.15) is 22.3 Å². The second kappa shape index (κ2) is 7.90. The van der Waals surface area contributed by atoms with Crippen LogP contribution in [0.15, 0.2) is 42.7 Å². The Morgan fingerprint density at radius 3 is 2.93 bits per heavy atom. The summed E-state index contributed by atoms with van der Waals surface area (Å²) in [5.74, 6) is 2.19. The van der Waals surface area contributed by atoms with Crippen molar-refractivity contribution in [3.63, 3.8) is 0 Å². The molecule has 150 valence electrons. The van der Waals surface area contributed by atoms with Crippen molar-refractivity contribution < 1.29 is 14.3 Å². The number of anilines is 1. The van der Waals surface area contributed by atoms with Crippen LogP contribution < -0.4 is 10.5 Å². The summed E-state index contributed by atoms with van der Waals surface area (Å²) in [7, 11) is 1.37. The molecule has 1 fully saturated rings. The number of esters is 1. The third-order valence-corrected chi connectivity index (χ3v) is 5.11. The summed E-state index contributed by atoms with van der Waals surface area (Å²) in [5.41, 5.74) is 7.93. The molecule has 2 heterocycles. The second-order valence-corrected chi connectivity index (χ2v) is 7.31. The number of carbonyl (C=O) groups is 1. The van der Waals surface area contributed by atoms with E-state index in [2.05, 4.69) is 15.2 Å². The van der Waals surface area contributed by atoms with Crippen molar-refractivity contribution in [2.75, 3.05) is 19.5 Å². The van der Waals surface area contributed by atoms with E-state index in [0.717, 1.165) is 18.5 Å². The van der Waals surface area contributed by atoms with Gasteiger partial charge in [-0.2, -0.15) is 0 Å². The first-order valence-corrected chi connectivity index (χ1v) is 9.47. The lowest BCUT2D eigenvalue weighted by atomic mass is 10.1. The first kappa shape index (κ1) is 18.9. The fourth-order valence-corrected chi connectivity index (χ4v) is 3.39. The van der Waals surface area contributed by atoms with Gasteiger partial charge in [-0.3, -0.25) is 0 Å². The zero-order valence-corrected chi connectivity index (χ0v) is 16.4. The zero-order chi connectivity index (χ0) is 20.4. The lowest BCUT2D eigenvalue weighted by Gasteiger charge is -2.11. The van der Waals surface area contributed by atoms with Crippen molar-refractivity contribution >= 4 is 11.8 Å². The van der Waals surface area contributed by atoms with Gasteiger partial charge in [0.15, 0.2) is 5.82 Å². The third-order valence-electron chi connectivity index (χ3n) is 5.11. The fourth-order valence-electron chi connectivity index (χ4n) is 3.39. The second-order valence-electron chi connectivity index (χ2n) is 7.31. The van der Waals surface area contributed by atoms with Gasteiger partial charge in [-0.25, -0.2) is 9.78 Å². The van der Waals surface area contributed by atoms with Crippen LogP contribution in [0.3, 0.4) is 0 Å². The number of aryl methyl sites for hydroxylation is 1. The molecule has 2 aromatic heterocycles. The number of carbonyl (C=O) groups excluding carboxylic acids is 1. The molecule has 29 heavy (non-hydrogen) atoms. The standard InChI is InChI=1S/C21H23N5O3/c1-13-6-7-18(16(8-13)21(27)28-2)29-11-15-9-14(15)10-26-12-23-25-20(26)17-4-3-5-19(22)24-17/h3-8,12,14-15H,9-11H2,1-2H3,(H2,22,24)/t14?,15-/m0/s1. The van der Waals surface area contributed by atoms with Gasteiger partial charge in [0.05, 0.1) is 13.7 Å². The number of rotatable bonds is 7. The average molecular weight is 393 g/mol. The highest BCUT2D eigenvalue weighted by Crippen LogP contribution is 2.41. The van der Waals surface area contributed by atoms with Crippen molar-refractivity contribution in [3.8, 4) is 17.3 Å². The maximum absolute atomic E-state index is 12.0. The summed E-state index contributed by atoms with van der Waals surface area (Å²) in [6, 6.07) is 11.0. The molecule has 0 saturated heterocycles. The molecule has 1 aromatic carbocycles. The SMILES string of the molecule is COC(=O)c1cc(C)ccc1OC[C@@H]1CC1Cn1cnnc1-c1cccc(N)n1. The third kappa shape index (κ3) is 4.21. The molecule has 0 bridgehead atoms. The van der Waals surface area contributed by atoms with Crippen LogP contribution in [-0.2, 0) is 11.3 Å². The van der Waals surface area contributed by atoms with E-state index >= 15 is 0 Å². The van der Waals surface area contributed by atoms with Crippen LogP contribution in [0.5, 0.6) is 5.75 Å².